The van der Waals surface area contributed by atoms with Crippen molar-refractivity contribution in [1.82, 2.24) is 15.1 Å². The molecule has 1 saturated carbocycles. The van der Waals surface area contributed by atoms with E-state index in [1.54, 1.807) is 36.2 Å². The Labute approximate surface area is 215 Å². The molecule has 3 amide bonds. The number of terminal acetylenes is 1. The molecule has 1 atom stereocenters. The van der Waals surface area contributed by atoms with Crippen LogP contribution in [0.15, 0.2) is 41.5 Å². The van der Waals surface area contributed by atoms with Crippen molar-refractivity contribution < 1.29 is 19.5 Å². The minimum Gasteiger partial charge on any atom is -0.508 e. The highest BCUT2D eigenvalue weighted by atomic mass is 16.3. The lowest BCUT2D eigenvalue weighted by Gasteiger charge is -2.38. The highest BCUT2D eigenvalue weighted by molar-refractivity contribution is 6.01. The Bertz CT molecular complexity index is 902. The number of amides is 3. The van der Waals surface area contributed by atoms with Crippen LogP contribution in [0.3, 0.4) is 0 Å². The van der Waals surface area contributed by atoms with Gasteiger partial charge in [0, 0.05) is 19.3 Å². The van der Waals surface area contributed by atoms with E-state index in [0.29, 0.717) is 43.4 Å². The van der Waals surface area contributed by atoms with Gasteiger partial charge in [0.1, 0.15) is 17.6 Å². The molecule has 1 aliphatic carbocycles. The summed E-state index contributed by atoms with van der Waals surface area (Å²) in [7, 11) is 0. The first-order chi connectivity index (χ1) is 17.3. The minimum absolute atomic E-state index is 0.0452. The largest absolute Gasteiger partial charge is 0.508 e. The van der Waals surface area contributed by atoms with Gasteiger partial charge in [-0.3, -0.25) is 14.4 Å². The summed E-state index contributed by atoms with van der Waals surface area (Å²) in [6.45, 7) is 6.45. The number of aryl methyl sites for hydroxylation is 1. The van der Waals surface area contributed by atoms with Gasteiger partial charge in [-0.1, -0.05) is 50.3 Å². The van der Waals surface area contributed by atoms with Crippen molar-refractivity contribution >= 4 is 24.1 Å². The first-order valence-corrected chi connectivity index (χ1v) is 12.4. The number of aliphatic imine (C=N–C) groups is 1. The van der Waals surface area contributed by atoms with E-state index in [9.17, 15) is 14.4 Å². The third kappa shape index (κ3) is 10.8. The maximum absolute atomic E-state index is 12.9. The number of allylic oxidation sites excluding steroid dienone is 1. The molecule has 2 fully saturated rings. The molecule has 1 heterocycles. The van der Waals surface area contributed by atoms with E-state index in [4.69, 9.17) is 5.11 Å². The maximum Gasteiger partial charge on any atom is 0.248 e. The number of phenolic OH excluding ortho intramolecular Hbond substituents is 1. The number of nitrogens with zero attached hydrogens (tertiary/aromatic N) is 3. The highest BCUT2D eigenvalue weighted by Crippen LogP contribution is 2.29. The Balaban J connectivity index is 0.000000543. The predicted octanol–water partition coefficient (Wildman–Crippen LogP) is 3.64. The Morgan fingerprint density at radius 1 is 1.25 bits per heavy atom. The van der Waals surface area contributed by atoms with Crippen LogP contribution in [0.2, 0.25) is 0 Å². The second-order valence-electron chi connectivity index (χ2n) is 8.94. The van der Waals surface area contributed by atoms with Gasteiger partial charge in [0.25, 0.3) is 0 Å². The summed E-state index contributed by atoms with van der Waals surface area (Å²) in [6, 6.07) is 6.65. The lowest BCUT2D eigenvalue weighted by molar-refractivity contribution is -0.147. The number of phenols is 1. The fourth-order valence-electron chi connectivity index (χ4n) is 4.35. The predicted molar refractivity (Wildman–Crippen MR) is 143 cm³/mol. The van der Waals surface area contributed by atoms with Crippen molar-refractivity contribution in [3.8, 4) is 18.6 Å². The average Bonchev–Trinajstić information content (AvgIpc) is 2.88. The number of piperazine rings is 1. The fraction of sp³-hybridized carbons (Fsp3) is 0.500. The van der Waals surface area contributed by atoms with Crippen molar-refractivity contribution in [3.63, 3.8) is 0 Å². The summed E-state index contributed by atoms with van der Waals surface area (Å²) in [6.07, 6.45) is 18.6. The molecule has 1 aliphatic heterocycles. The van der Waals surface area contributed by atoms with Gasteiger partial charge in [0.15, 0.2) is 0 Å². The van der Waals surface area contributed by atoms with E-state index in [-0.39, 0.29) is 18.4 Å². The molecule has 0 spiro atoms. The van der Waals surface area contributed by atoms with E-state index >= 15 is 0 Å². The lowest BCUT2D eigenvalue weighted by atomic mass is 9.84. The highest BCUT2D eigenvalue weighted by Gasteiger charge is 2.35. The zero-order valence-corrected chi connectivity index (χ0v) is 21.7. The number of nitrogens with one attached hydrogen (secondary N) is 1. The Morgan fingerprint density at radius 2 is 1.94 bits per heavy atom. The standard InChI is InChI=1S/C19H30N4O3.C7H8O.C2H2/c1-3-9-20-15(2)21-19(26)17(12-16-7-5-4-6-8-16)23-11-10-22(14-24)13-18(23)25;1-6-3-2-4-7(8)5-6;1-2/h3,9,14,16-17H,4-8,10-13H2,1-2H3,(H,20,21,26);2-5,8H,1H3;1-2H/b9-3-;;/t17-;;/m0../s1. The van der Waals surface area contributed by atoms with Gasteiger partial charge in [-0.2, -0.15) is 0 Å². The monoisotopic (exact) mass is 496 g/mol. The molecule has 1 saturated heterocycles. The molecule has 36 heavy (non-hydrogen) atoms. The Hall–Kier alpha value is -3.60. The van der Waals surface area contributed by atoms with E-state index in [0.717, 1.165) is 18.4 Å². The quantitative estimate of drug-likeness (QED) is 0.272. The number of carbonyl (C=O) groups excluding carboxylic acids is 3. The SMILES string of the molecule is C#C.C/C=C\N=C(C)NC(=O)[C@H](CC1CCCCC1)N1CCN(C=O)CC1=O.Cc1cccc(O)c1. The topological polar surface area (TPSA) is 102 Å². The van der Waals surface area contributed by atoms with Crippen LogP contribution in [-0.2, 0) is 14.4 Å². The van der Waals surface area contributed by atoms with Crippen molar-refractivity contribution in [2.24, 2.45) is 10.9 Å². The summed E-state index contributed by atoms with van der Waals surface area (Å²) in [5, 5.41) is 11.6. The number of aromatic hydroxyl groups is 1. The molecule has 8 heteroatoms. The lowest BCUT2D eigenvalue weighted by Crippen LogP contribution is -2.58. The van der Waals surface area contributed by atoms with Crippen LogP contribution in [0.25, 0.3) is 0 Å². The minimum atomic E-state index is -0.504. The van der Waals surface area contributed by atoms with Crippen LogP contribution in [-0.4, -0.2) is 64.6 Å². The van der Waals surface area contributed by atoms with Crippen LogP contribution in [0, 0.1) is 25.7 Å². The normalized spacial score (nSPS) is 17.4. The number of benzene rings is 1. The fourth-order valence-corrected chi connectivity index (χ4v) is 4.35. The average molecular weight is 497 g/mol. The second-order valence-corrected chi connectivity index (χ2v) is 8.94. The molecule has 2 aliphatic rings. The van der Waals surface area contributed by atoms with Gasteiger partial charge in [0.05, 0.1) is 6.54 Å². The third-order valence-corrected chi connectivity index (χ3v) is 6.12. The molecule has 8 nitrogen and oxygen atoms in total. The van der Waals surface area contributed by atoms with Crippen molar-refractivity contribution in [1.29, 1.82) is 0 Å². The van der Waals surface area contributed by atoms with Gasteiger partial charge in [0.2, 0.25) is 18.2 Å². The molecule has 0 bridgehead atoms. The third-order valence-electron chi connectivity index (χ3n) is 6.12. The zero-order valence-electron chi connectivity index (χ0n) is 21.7. The molecule has 0 unspecified atom stereocenters. The van der Waals surface area contributed by atoms with Crippen LogP contribution < -0.4 is 5.32 Å². The number of rotatable bonds is 6. The van der Waals surface area contributed by atoms with Gasteiger partial charge in [-0.25, -0.2) is 4.99 Å². The van der Waals surface area contributed by atoms with Gasteiger partial charge < -0.3 is 20.2 Å². The zero-order chi connectivity index (χ0) is 26.9. The maximum atomic E-state index is 12.9. The number of hydrogen-bond acceptors (Lipinski definition) is 5. The first-order valence-electron chi connectivity index (χ1n) is 12.4. The van der Waals surface area contributed by atoms with E-state index in [1.165, 1.54) is 24.2 Å². The molecule has 0 aromatic heterocycles. The molecule has 1 aromatic carbocycles. The molecular formula is C28H40N4O4. The number of hydrogen-bond donors (Lipinski definition) is 2. The Morgan fingerprint density at radius 3 is 2.47 bits per heavy atom. The van der Waals surface area contributed by atoms with E-state index < -0.39 is 6.04 Å². The van der Waals surface area contributed by atoms with Crippen molar-refractivity contribution in [3.05, 3.63) is 42.1 Å². The van der Waals surface area contributed by atoms with E-state index in [1.807, 2.05) is 26.0 Å². The van der Waals surface area contributed by atoms with Gasteiger partial charge in [-0.15, -0.1) is 12.8 Å². The number of amidine groups is 1. The van der Waals surface area contributed by atoms with Gasteiger partial charge >= 0.3 is 0 Å². The molecule has 0 radical (unpaired) electrons. The Kier molecular flexibility index (Phi) is 14.3. The van der Waals surface area contributed by atoms with E-state index in [2.05, 4.69) is 23.2 Å². The molecule has 3 rings (SSSR count). The molecular weight excluding hydrogens is 456 g/mol. The van der Waals surface area contributed by atoms with Crippen LogP contribution in [0.1, 0.15) is 57.9 Å². The summed E-state index contributed by atoms with van der Waals surface area (Å²) in [5.41, 5.74) is 1.09. The van der Waals surface area contributed by atoms with Crippen molar-refractivity contribution in [2.75, 3.05) is 19.6 Å². The smallest absolute Gasteiger partial charge is 0.248 e. The van der Waals surface area contributed by atoms with Crippen LogP contribution in [0.5, 0.6) is 5.75 Å². The van der Waals surface area contributed by atoms with Crippen molar-refractivity contribution in [2.45, 2.75) is 65.3 Å². The summed E-state index contributed by atoms with van der Waals surface area (Å²) < 4.78 is 0. The first kappa shape index (κ1) is 30.4. The van der Waals surface area contributed by atoms with Crippen LogP contribution in [0.4, 0.5) is 0 Å². The summed E-state index contributed by atoms with van der Waals surface area (Å²) in [5.74, 6) is 0.964. The molecule has 196 valence electrons. The van der Waals surface area contributed by atoms with Crippen LogP contribution >= 0.6 is 0 Å². The number of carbonyl (C=O) groups is 3. The van der Waals surface area contributed by atoms with Gasteiger partial charge in [-0.05, 0) is 50.8 Å². The molecule has 2 N–H and O–H groups in total. The summed E-state index contributed by atoms with van der Waals surface area (Å²) in [4.78, 5) is 43.6. The summed E-state index contributed by atoms with van der Waals surface area (Å²) >= 11 is 0. The second kappa shape index (κ2) is 16.9. The molecule has 1 aromatic rings.